The maximum absolute atomic E-state index is 10.5. The van der Waals surface area contributed by atoms with Crippen molar-refractivity contribution in [3.8, 4) is 28.6 Å². The molecule has 1 fully saturated rings. The molecule has 6 heteroatoms. The van der Waals surface area contributed by atoms with Gasteiger partial charge in [-0.2, -0.15) is 0 Å². The Morgan fingerprint density at radius 3 is 2.32 bits per heavy atom. The van der Waals surface area contributed by atoms with Gasteiger partial charge in [-0.05, 0) is 74.0 Å². The van der Waals surface area contributed by atoms with Crippen LogP contribution in [0, 0.1) is 12.8 Å². The molecular formula is C25H32N4O2. The summed E-state index contributed by atoms with van der Waals surface area (Å²) in [4.78, 5) is 2.52. The minimum Gasteiger partial charge on any atom is -0.508 e. The molecule has 1 aliphatic heterocycles. The van der Waals surface area contributed by atoms with Crippen LogP contribution in [-0.2, 0) is 6.54 Å². The normalized spacial score (nSPS) is 15.6. The van der Waals surface area contributed by atoms with Gasteiger partial charge in [0.05, 0.1) is 5.56 Å². The zero-order valence-electron chi connectivity index (χ0n) is 18.8. The molecule has 0 radical (unpaired) electrons. The SMILES string of the molecule is Cc1nnc(-c2cc(C(C)C)c(O)cc2O)n1-c1ccc(CN2CCC(C)CC2)cc1. The van der Waals surface area contributed by atoms with E-state index in [1.54, 1.807) is 6.07 Å². The number of piperidine rings is 1. The first-order chi connectivity index (χ1) is 14.8. The van der Waals surface area contributed by atoms with Crippen molar-refractivity contribution < 1.29 is 10.2 Å². The van der Waals surface area contributed by atoms with E-state index in [0.717, 1.165) is 42.6 Å². The zero-order chi connectivity index (χ0) is 22.1. The fourth-order valence-corrected chi connectivity index (χ4v) is 4.31. The molecule has 0 saturated carbocycles. The Hall–Kier alpha value is -2.86. The number of nitrogens with zero attached hydrogens (tertiary/aromatic N) is 4. The number of hydrogen-bond donors (Lipinski definition) is 2. The number of rotatable bonds is 5. The third-order valence-corrected chi connectivity index (χ3v) is 6.31. The average Bonchev–Trinajstić information content (AvgIpc) is 3.11. The molecule has 1 aromatic heterocycles. The van der Waals surface area contributed by atoms with Gasteiger partial charge in [-0.25, -0.2) is 0 Å². The van der Waals surface area contributed by atoms with Crippen molar-refractivity contribution in [3.63, 3.8) is 0 Å². The molecule has 4 rings (SSSR count). The van der Waals surface area contributed by atoms with Crippen molar-refractivity contribution in [1.29, 1.82) is 0 Å². The van der Waals surface area contributed by atoms with Crippen LogP contribution in [0.4, 0.5) is 0 Å². The van der Waals surface area contributed by atoms with E-state index >= 15 is 0 Å². The molecule has 1 saturated heterocycles. The van der Waals surface area contributed by atoms with Gasteiger partial charge in [0.15, 0.2) is 5.82 Å². The first kappa shape index (κ1) is 21.4. The minimum atomic E-state index is -0.00787. The third-order valence-electron chi connectivity index (χ3n) is 6.31. The zero-order valence-corrected chi connectivity index (χ0v) is 18.8. The summed E-state index contributed by atoms with van der Waals surface area (Å²) in [6, 6.07) is 11.7. The summed E-state index contributed by atoms with van der Waals surface area (Å²) in [6.07, 6.45) is 2.55. The fraction of sp³-hybridized carbons (Fsp3) is 0.440. The quantitative estimate of drug-likeness (QED) is 0.607. The molecular weight excluding hydrogens is 388 g/mol. The van der Waals surface area contributed by atoms with E-state index in [1.165, 1.54) is 24.5 Å². The fourth-order valence-electron chi connectivity index (χ4n) is 4.31. The van der Waals surface area contributed by atoms with Crippen molar-refractivity contribution >= 4 is 0 Å². The van der Waals surface area contributed by atoms with Gasteiger partial charge >= 0.3 is 0 Å². The van der Waals surface area contributed by atoms with Crippen molar-refractivity contribution in [3.05, 3.63) is 53.3 Å². The number of aromatic hydroxyl groups is 2. The van der Waals surface area contributed by atoms with Crippen LogP contribution in [0.15, 0.2) is 36.4 Å². The van der Waals surface area contributed by atoms with Crippen LogP contribution in [-0.4, -0.2) is 43.0 Å². The lowest BCUT2D eigenvalue weighted by Gasteiger charge is -2.30. The van der Waals surface area contributed by atoms with Crippen LogP contribution in [0.25, 0.3) is 17.1 Å². The molecule has 0 atom stereocenters. The monoisotopic (exact) mass is 420 g/mol. The van der Waals surface area contributed by atoms with Gasteiger partial charge in [0, 0.05) is 18.3 Å². The van der Waals surface area contributed by atoms with E-state index in [9.17, 15) is 10.2 Å². The maximum atomic E-state index is 10.5. The van der Waals surface area contributed by atoms with Gasteiger partial charge in [-0.3, -0.25) is 9.47 Å². The van der Waals surface area contributed by atoms with Gasteiger partial charge in [0.1, 0.15) is 17.3 Å². The number of hydrogen-bond acceptors (Lipinski definition) is 5. The molecule has 0 bridgehead atoms. The Morgan fingerprint density at radius 2 is 1.68 bits per heavy atom. The topological polar surface area (TPSA) is 74.4 Å². The smallest absolute Gasteiger partial charge is 0.172 e. The van der Waals surface area contributed by atoms with Crippen LogP contribution in [0.1, 0.15) is 56.5 Å². The first-order valence-corrected chi connectivity index (χ1v) is 11.1. The van der Waals surface area contributed by atoms with Crippen molar-refractivity contribution in [2.75, 3.05) is 13.1 Å². The molecule has 6 nitrogen and oxygen atoms in total. The molecule has 2 heterocycles. The summed E-state index contributed by atoms with van der Waals surface area (Å²) < 4.78 is 1.95. The lowest BCUT2D eigenvalue weighted by Crippen LogP contribution is -2.32. The number of aromatic nitrogens is 3. The number of phenols is 2. The lowest BCUT2D eigenvalue weighted by molar-refractivity contribution is 0.185. The Balaban J connectivity index is 1.63. The Morgan fingerprint density at radius 1 is 1.00 bits per heavy atom. The molecule has 2 aromatic carbocycles. The van der Waals surface area contributed by atoms with Crippen molar-refractivity contribution in [1.82, 2.24) is 19.7 Å². The van der Waals surface area contributed by atoms with Crippen LogP contribution < -0.4 is 0 Å². The molecule has 164 valence electrons. The van der Waals surface area contributed by atoms with E-state index in [4.69, 9.17) is 0 Å². The average molecular weight is 421 g/mol. The second-order valence-electron chi connectivity index (χ2n) is 9.11. The predicted molar refractivity (Wildman–Crippen MR) is 123 cm³/mol. The Kier molecular flexibility index (Phi) is 6.01. The molecule has 0 aliphatic carbocycles. The maximum Gasteiger partial charge on any atom is 0.172 e. The lowest BCUT2D eigenvalue weighted by atomic mass is 9.98. The molecule has 0 unspecified atom stereocenters. The second kappa shape index (κ2) is 8.71. The summed E-state index contributed by atoms with van der Waals surface area (Å²) in [7, 11) is 0. The standard InChI is InChI=1S/C25H32N4O2/c1-16(2)21-13-22(24(31)14-23(21)30)25-27-26-18(4)29(25)20-7-5-19(6-8-20)15-28-11-9-17(3)10-12-28/h5-8,13-14,16-17,30-31H,9-12,15H2,1-4H3. The molecule has 1 aliphatic rings. The van der Waals surface area contributed by atoms with E-state index in [1.807, 2.05) is 25.3 Å². The van der Waals surface area contributed by atoms with Gasteiger partial charge < -0.3 is 10.2 Å². The highest BCUT2D eigenvalue weighted by Gasteiger charge is 2.20. The van der Waals surface area contributed by atoms with Crippen molar-refractivity contribution in [2.24, 2.45) is 5.92 Å². The van der Waals surface area contributed by atoms with Crippen LogP contribution in [0.5, 0.6) is 11.5 Å². The van der Waals surface area contributed by atoms with Crippen molar-refractivity contribution in [2.45, 2.75) is 53.0 Å². The minimum absolute atomic E-state index is 0.00787. The summed E-state index contributed by atoms with van der Waals surface area (Å²) in [5.41, 5.74) is 3.58. The van der Waals surface area contributed by atoms with Crippen LogP contribution in [0.2, 0.25) is 0 Å². The van der Waals surface area contributed by atoms with Gasteiger partial charge in [0.2, 0.25) is 0 Å². The van der Waals surface area contributed by atoms with E-state index in [0.29, 0.717) is 11.4 Å². The summed E-state index contributed by atoms with van der Waals surface area (Å²) in [5, 5.41) is 29.3. The largest absolute Gasteiger partial charge is 0.508 e. The number of aryl methyl sites for hydroxylation is 1. The van der Waals surface area contributed by atoms with E-state index < -0.39 is 0 Å². The second-order valence-corrected chi connectivity index (χ2v) is 9.11. The van der Waals surface area contributed by atoms with Gasteiger partial charge in [-0.15, -0.1) is 10.2 Å². The Labute approximate surface area is 184 Å². The highest BCUT2D eigenvalue weighted by Crippen LogP contribution is 2.38. The molecule has 0 spiro atoms. The third kappa shape index (κ3) is 4.44. The molecule has 2 N–H and O–H groups in total. The number of benzene rings is 2. The van der Waals surface area contributed by atoms with Gasteiger partial charge in [-0.1, -0.05) is 32.9 Å². The Bertz CT molecular complexity index is 1050. The molecule has 0 amide bonds. The number of phenolic OH excluding ortho intramolecular Hbond substituents is 2. The summed E-state index contributed by atoms with van der Waals surface area (Å²) in [5.74, 6) is 2.35. The summed E-state index contributed by atoms with van der Waals surface area (Å²) >= 11 is 0. The highest BCUT2D eigenvalue weighted by atomic mass is 16.3. The van der Waals surface area contributed by atoms with Crippen LogP contribution >= 0.6 is 0 Å². The van der Waals surface area contributed by atoms with E-state index in [-0.39, 0.29) is 17.4 Å². The number of likely N-dealkylation sites (tertiary alicyclic amines) is 1. The molecule has 3 aromatic rings. The summed E-state index contributed by atoms with van der Waals surface area (Å²) in [6.45, 7) is 11.5. The predicted octanol–water partition coefficient (Wildman–Crippen LogP) is 5.01. The first-order valence-electron chi connectivity index (χ1n) is 11.1. The molecule has 31 heavy (non-hydrogen) atoms. The van der Waals surface area contributed by atoms with Gasteiger partial charge in [0.25, 0.3) is 0 Å². The van der Waals surface area contributed by atoms with Crippen LogP contribution in [0.3, 0.4) is 0 Å². The highest BCUT2D eigenvalue weighted by molar-refractivity contribution is 5.69. The van der Waals surface area contributed by atoms with E-state index in [2.05, 4.69) is 46.3 Å².